The van der Waals surface area contributed by atoms with Gasteiger partial charge in [0, 0.05) is 18.3 Å². The number of halogens is 5. The van der Waals surface area contributed by atoms with Gasteiger partial charge in [0.15, 0.2) is 11.5 Å². The van der Waals surface area contributed by atoms with Gasteiger partial charge >= 0.3 is 12.2 Å². The summed E-state index contributed by atoms with van der Waals surface area (Å²) in [6.45, 7) is 0. The van der Waals surface area contributed by atoms with E-state index < -0.39 is 23.7 Å². The predicted octanol–water partition coefficient (Wildman–Crippen LogP) is 5.35. The number of alkyl halides is 4. The Labute approximate surface area is 193 Å². The number of hydrazine groups is 1. The molecule has 0 spiro atoms. The molecule has 0 fully saturated rings. The Morgan fingerprint density at radius 2 is 1.79 bits per heavy atom. The number of amides is 1. The molecule has 3 aromatic rings. The van der Waals surface area contributed by atoms with Gasteiger partial charge in [-0.05, 0) is 36.4 Å². The van der Waals surface area contributed by atoms with Crippen molar-refractivity contribution in [1.29, 1.82) is 5.26 Å². The fourth-order valence-corrected chi connectivity index (χ4v) is 3.03. The van der Waals surface area contributed by atoms with Gasteiger partial charge in [0.25, 0.3) is 0 Å². The average molecular weight is 495 g/mol. The molecule has 2 heterocycles. The van der Waals surface area contributed by atoms with Gasteiger partial charge in [-0.15, -0.1) is 0 Å². The second-order valence-corrected chi connectivity index (χ2v) is 7.10. The molecule has 1 aromatic heterocycles. The molecule has 174 valence electrons. The minimum absolute atomic E-state index is 0.0179. The Balaban J connectivity index is 1.52. The van der Waals surface area contributed by atoms with E-state index >= 15 is 0 Å². The van der Waals surface area contributed by atoms with Crippen LogP contribution in [-0.2, 0) is 4.79 Å². The van der Waals surface area contributed by atoms with Crippen LogP contribution in [0.5, 0.6) is 23.0 Å². The number of nitriles is 1. The second kappa shape index (κ2) is 8.60. The Morgan fingerprint density at radius 3 is 2.47 bits per heavy atom. The molecule has 2 aromatic carbocycles. The Hall–Kier alpha value is -4.24. The van der Waals surface area contributed by atoms with E-state index in [1.807, 2.05) is 6.07 Å². The van der Waals surface area contributed by atoms with Crippen LogP contribution < -0.4 is 24.6 Å². The highest BCUT2D eigenvalue weighted by Gasteiger charge is 2.65. The predicted molar refractivity (Wildman–Crippen MR) is 110 cm³/mol. The molecular formula is C21H11ClF4N4O4. The van der Waals surface area contributed by atoms with Crippen LogP contribution in [0.1, 0.15) is 5.69 Å². The van der Waals surface area contributed by atoms with Crippen molar-refractivity contribution in [3.05, 3.63) is 65.4 Å². The van der Waals surface area contributed by atoms with Gasteiger partial charge in [-0.25, -0.2) is 9.99 Å². The average Bonchev–Trinajstić information content (AvgIpc) is 2.79. The summed E-state index contributed by atoms with van der Waals surface area (Å²) in [6.07, 6.45) is -8.04. The first-order valence-corrected chi connectivity index (χ1v) is 9.62. The molecule has 0 radical (unpaired) electrons. The molecule has 0 saturated carbocycles. The number of anilines is 2. The topological polar surface area (TPSA) is 96.7 Å². The standard InChI is InChI=1S/C21H11ClF4N4O4/c22-16-8-12(1-3-17(16)32-15-5-6-28-13(7-15)10-27)29-30(11-31)14-2-4-18-19(9-14)34-21(25,26)20(23,24)33-18/h1-9,11,29H. The molecule has 13 heteroatoms. The first kappa shape index (κ1) is 22.9. The van der Waals surface area contributed by atoms with Gasteiger partial charge in [-0.3, -0.25) is 10.2 Å². The third-order valence-electron chi connectivity index (χ3n) is 4.38. The molecule has 4 rings (SSSR count). The largest absolute Gasteiger partial charge is 0.507 e. The van der Waals surface area contributed by atoms with Crippen molar-refractivity contribution in [2.45, 2.75) is 12.2 Å². The quantitative estimate of drug-likeness (QED) is 0.280. The maximum absolute atomic E-state index is 13.5. The smallest absolute Gasteiger partial charge is 0.456 e. The van der Waals surface area contributed by atoms with E-state index in [2.05, 4.69) is 19.9 Å². The van der Waals surface area contributed by atoms with Crippen molar-refractivity contribution in [1.82, 2.24) is 4.98 Å². The third-order valence-corrected chi connectivity index (χ3v) is 4.68. The van der Waals surface area contributed by atoms with Gasteiger partial charge in [0.1, 0.15) is 23.3 Å². The lowest BCUT2D eigenvalue weighted by Gasteiger charge is -2.32. The van der Waals surface area contributed by atoms with E-state index in [0.29, 0.717) is 17.8 Å². The lowest BCUT2D eigenvalue weighted by atomic mass is 10.2. The lowest BCUT2D eigenvalue weighted by Crippen LogP contribution is -2.52. The van der Waals surface area contributed by atoms with E-state index in [9.17, 15) is 22.4 Å². The molecule has 0 saturated heterocycles. The number of rotatable bonds is 6. The number of carbonyl (C=O) groups excluding carboxylic acids is 1. The molecule has 1 aliphatic heterocycles. The maximum atomic E-state index is 13.5. The molecular weight excluding hydrogens is 484 g/mol. The van der Waals surface area contributed by atoms with E-state index in [1.165, 1.54) is 42.6 Å². The number of hydrogen-bond donors (Lipinski definition) is 1. The molecule has 1 N–H and O–H groups in total. The van der Waals surface area contributed by atoms with Crippen LogP contribution in [0, 0.1) is 11.3 Å². The summed E-state index contributed by atoms with van der Waals surface area (Å²) >= 11 is 6.24. The third kappa shape index (κ3) is 4.46. The van der Waals surface area contributed by atoms with Gasteiger partial charge in [-0.2, -0.15) is 22.8 Å². The molecule has 0 bridgehead atoms. The van der Waals surface area contributed by atoms with Gasteiger partial charge in [0.2, 0.25) is 6.41 Å². The molecule has 0 aliphatic carbocycles. The Kier molecular flexibility index (Phi) is 5.80. The van der Waals surface area contributed by atoms with E-state index in [-0.39, 0.29) is 22.2 Å². The summed E-state index contributed by atoms with van der Waals surface area (Å²) in [5.41, 5.74) is 3.10. The minimum Gasteiger partial charge on any atom is -0.456 e. The number of carbonyl (C=O) groups is 1. The van der Waals surface area contributed by atoms with E-state index in [1.54, 1.807) is 0 Å². The number of hydrogen-bond acceptors (Lipinski definition) is 7. The number of benzene rings is 2. The zero-order chi connectivity index (χ0) is 24.5. The Bertz CT molecular complexity index is 1300. The van der Waals surface area contributed by atoms with Crippen molar-refractivity contribution in [2.24, 2.45) is 0 Å². The fourth-order valence-electron chi connectivity index (χ4n) is 2.81. The van der Waals surface area contributed by atoms with Crippen LogP contribution in [0.25, 0.3) is 0 Å². The number of aromatic nitrogens is 1. The van der Waals surface area contributed by atoms with Gasteiger partial charge < -0.3 is 14.2 Å². The van der Waals surface area contributed by atoms with Crippen molar-refractivity contribution < 1.29 is 36.6 Å². The van der Waals surface area contributed by atoms with Crippen molar-refractivity contribution in [3.8, 4) is 29.1 Å². The highest BCUT2D eigenvalue weighted by molar-refractivity contribution is 6.32. The van der Waals surface area contributed by atoms with Crippen LogP contribution >= 0.6 is 11.6 Å². The summed E-state index contributed by atoms with van der Waals surface area (Å²) < 4.78 is 67.3. The SMILES string of the molecule is N#Cc1cc(Oc2ccc(NN(C=O)c3ccc4c(c3)OC(F)(F)C(F)(F)O4)cc2Cl)ccn1. The number of ether oxygens (including phenoxy) is 3. The number of nitrogens with zero attached hydrogens (tertiary/aromatic N) is 3. The number of pyridine rings is 1. The minimum atomic E-state index is -4.90. The summed E-state index contributed by atoms with van der Waals surface area (Å²) in [6, 6.07) is 12.3. The van der Waals surface area contributed by atoms with Gasteiger partial charge in [-0.1, -0.05) is 11.6 Å². The normalized spacial score (nSPS) is 15.1. The molecule has 1 aliphatic rings. The zero-order valence-electron chi connectivity index (χ0n) is 16.6. The summed E-state index contributed by atoms with van der Waals surface area (Å²) in [5.74, 6) is -0.742. The highest BCUT2D eigenvalue weighted by Crippen LogP contribution is 2.47. The first-order chi connectivity index (χ1) is 16.1. The lowest BCUT2D eigenvalue weighted by molar-refractivity contribution is -0.391. The molecule has 0 unspecified atom stereocenters. The van der Waals surface area contributed by atoms with Crippen LogP contribution in [-0.4, -0.2) is 23.6 Å². The summed E-state index contributed by atoms with van der Waals surface area (Å²) in [7, 11) is 0. The van der Waals surface area contributed by atoms with E-state index in [0.717, 1.165) is 17.1 Å². The summed E-state index contributed by atoms with van der Waals surface area (Å²) in [5, 5.41) is 9.93. The Morgan fingerprint density at radius 1 is 1.06 bits per heavy atom. The maximum Gasteiger partial charge on any atom is 0.507 e. The highest BCUT2D eigenvalue weighted by atomic mass is 35.5. The van der Waals surface area contributed by atoms with Gasteiger partial charge in [0.05, 0.1) is 16.4 Å². The molecule has 8 nitrogen and oxygen atoms in total. The fraction of sp³-hybridized carbons (Fsp3) is 0.0952. The van der Waals surface area contributed by atoms with Crippen LogP contribution in [0.4, 0.5) is 28.9 Å². The molecule has 1 amide bonds. The summed E-state index contributed by atoms with van der Waals surface area (Å²) in [4.78, 5) is 15.4. The number of nitrogens with one attached hydrogen (secondary N) is 1. The van der Waals surface area contributed by atoms with Crippen molar-refractivity contribution >= 4 is 29.4 Å². The number of fused-ring (bicyclic) bond motifs is 1. The van der Waals surface area contributed by atoms with E-state index in [4.69, 9.17) is 21.6 Å². The monoisotopic (exact) mass is 494 g/mol. The second-order valence-electron chi connectivity index (χ2n) is 6.69. The molecule has 0 atom stereocenters. The van der Waals surface area contributed by atoms with Crippen molar-refractivity contribution in [3.63, 3.8) is 0 Å². The first-order valence-electron chi connectivity index (χ1n) is 9.24. The van der Waals surface area contributed by atoms with Crippen LogP contribution in [0.15, 0.2) is 54.7 Å². The van der Waals surface area contributed by atoms with Crippen molar-refractivity contribution in [2.75, 3.05) is 10.4 Å². The van der Waals surface area contributed by atoms with Crippen LogP contribution in [0.2, 0.25) is 5.02 Å². The molecule has 34 heavy (non-hydrogen) atoms. The zero-order valence-corrected chi connectivity index (χ0v) is 17.4. The van der Waals surface area contributed by atoms with Crippen LogP contribution in [0.3, 0.4) is 0 Å².